The van der Waals surface area contributed by atoms with Crippen LogP contribution >= 0.6 is 7.92 Å². The predicted molar refractivity (Wildman–Crippen MR) is 74.5 cm³/mol. The van der Waals surface area contributed by atoms with Crippen LogP contribution in [0.15, 0.2) is 0 Å². The molecule has 2 heteroatoms. The number of rotatable bonds is 4. The molecule has 0 saturated carbocycles. The van der Waals surface area contributed by atoms with Crippen LogP contribution in [0.3, 0.4) is 0 Å². The van der Waals surface area contributed by atoms with E-state index in [1.54, 1.807) is 0 Å². The van der Waals surface area contributed by atoms with Crippen LogP contribution in [0, 0.1) is 0 Å². The highest BCUT2D eigenvalue weighted by Crippen LogP contribution is 2.58. The molecule has 1 nitrogen and oxygen atoms in total. The van der Waals surface area contributed by atoms with Crippen LogP contribution in [0.25, 0.3) is 0 Å². The fraction of sp³-hybridized carbons (Fsp3) is 1.00. The van der Waals surface area contributed by atoms with Gasteiger partial charge in [-0.2, -0.15) is 0 Å². The molecule has 0 heterocycles. The maximum Gasteiger partial charge on any atom is 0.00179 e. The highest BCUT2D eigenvalue weighted by atomic mass is 31.1. The Morgan fingerprint density at radius 3 is 1.60 bits per heavy atom. The fourth-order valence-electron chi connectivity index (χ4n) is 2.11. The predicted octanol–water partition coefficient (Wildman–Crippen LogP) is 4.02. The largest absolute Gasteiger partial charge is 0.306 e. The summed E-state index contributed by atoms with van der Waals surface area (Å²) >= 11 is 0. The maximum absolute atomic E-state index is 2.42. The second-order valence-corrected chi connectivity index (χ2v) is 10.4. The summed E-state index contributed by atoms with van der Waals surface area (Å²) in [5.41, 5.74) is 0. The SMILES string of the molecule is CCN(C)CCP(C(C)(C)C)C(C)(C)C. The summed E-state index contributed by atoms with van der Waals surface area (Å²) in [6.07, 6.45) is 1.37. The molecule has 0 fully saturated rings. The Bertz CT molecular complexity index is 162. The summed E-state index contributed by atoms with van der Waals surface area (Å²) < 4.78 is 0. The fourth-order valence-corrected chi connectivity index (χ4v) is 6.00. The van der Waals surface area contributed by atoms with Gasteiger partial charge in [0.15, 0.2) is 0 Å². The van der Waals surface area contributed by atoms with Gasteiger partial charge in [-0.15, -0.1) is 0 Å². The molecule has 0 radical (unpaired) electrons. The minimum atomic E-state index is 0.0774. The molecule has 0 rings (SSSR count). The van der Waals surface area contributed by atoms with Gasteiger partial charge in [0, 0.05) is 6.54 Å². The van der Waals surface area contributed by atoms with E-state index in [-0.39, 0.29) is 7.92 Å². The summed E-state index contributed by atoms with van der Waals surface area (Å²) in [5.74, 6) is 0. The Morgan fingerprint density at radius 1 is 0.933 bits per heavy atom. The molecule has 15 heavy (non-hydrogen) atoms. The second kappa shape index (κ2) is 5.64. The number of hydrogen-bond donors (Lipinski definition) is 0. The first kappa shape index (κ1) is 15.4. The molecule has 92 valence electrons. The summed E-state index contributed by atoms with van der Waals surface area (Å²) in [7, 11) is 2.30. The maximum atomic E-state index is 2.42. The van der Waals surface area contributed by atoms with Crippen molar-refractivity contribution in [2.45, 2.75) is 58.8 Å². The van der Waals surface area contributed by atoms with Crippen LogP contribution < -0.4 is 0 Å². The third kappa shape index (κ3) is 5.88. The highest BCUT2D eigenvalue weighted by molar-refractivity contribution is 7.60. The van der Waals surface area contributed by atoms with Crippen LogP contribution in [-0.2, 0) is 0 Å². The van der Waals surface area contributed by atoms with Gasteiger partial charge >= 0.3 is 0 Å². The molecule has 0 N–H and O–H groups in total. The van der Waals surface area contributed by atoms with E-state index in [0.29, 0.717) is 10.3 Å². The summed E-state index contributed by atoms with van der Waals surface area (Å²) in [4.78, 5) is 2.42. The van der Waals surface area contributed by atoms with E-state index in [1.807, 2.05) is 0 Å². The topological polar surface area (TPSA) is 3.24 Å². The molecule has 0 spiro atoms. The third-order valence-corrected chi connectivity index (χ3v) is 6.75. The molecule has 0 aromatic carbocycles. The minimum absolute atomic E-state index is 0.0774. The van der Waals surface area contributed by atoms with Crippen molar-refractivity contribution in [2.75, 3.05) is 26.3 Å². The molecule has 0 aliphatic carbocycles. The van der Waals surface area contributed by atoms with Crippen molar-refractivity contribution in [3.63, 3.8) is 0 Å². The van der Waals surface area contributed by atoms with Crippen molar-refractivity contribution < 1.29 is 0 Å². The van der Waals surface area contributed by atoms with Gasteiger partial charge in [-0.1, -0.05) is 56.4 Å². The van der Waals surface area contributed by atoms with Gasteiger partial charge in [0.25, 0.3) is 0 Å². The highest BCUT2D eigenvalue weighted by Gasteiger charge is 2.33. The van der Waals surface area contributed by atoms with Gasteiger partial charge in [0.2, 0.25) is 0 Å². The van der Waals surface area contributed by atoms with Gasteiger partial charge in [0.05, 0.1) is 0 Å². The van der Waals surface area contributed by atoms with Crippen LogP contribution in [0.5, 0.6) is 0 Å². The molecule has 0 aromatic heterocycles. The molecule has 0 aromatic rings. The Hall–Kier alpha value is 0.390. The summed E-state index contributed by atoms with van der Waals surface area (Å²) in [5, 5.41) is 0.949. The van der Waals surface area contributed by atoms with Crippen molar-refractivity contribution in [1.82, 2.24) is 4.90 Å². The van der Waals surface area contributed by atoms with E-state index >= 15 is 0 Å². The Labute approximate surface area is 98.4 Å². The number of hydrogen-bond acceptors (Lipinski definition) is 1. The first-order valence-electron chi connectivity index (χ1n) is 6.05. The first-order chi connectivity index (χ1) is 6.59. The average Bonchev–Trinajstić information content (AvgIpc) is 1.99. The third-order valence-electron chi connectivity index (χ3n) is 2.86. The van der Waals surface area contributed by atoms with Crippen LogP contribution in [-0.4, -0.2) is 41.5 Å². The monoisotopic (exact) mass is 231 g/mol. The van der Waals surface area contributed by atoms with E-state index in [9.17, 15) is 0 Å². The smallest absolute Gasteiger partial charge is 0.00179 e. The van der Waals surface area contributed by atoms with E-state index in [2.05, 4.69) is 60.4 Å². The lowest BCUT2D eigenvalue weighted by molar-refractivity contribution is 0.374. The van der Waals surface area contributed by atoms with E-state index in [0.717, 1.165) is 6.54 Å². The lowest BCUT2D eigenvalue weighted by atomic mass is 10.2. The van der Waals surface area contributed by atoms with Crippen molar-refractivity contribution in [2.24, 2.45) is 0 Å². The standard InChI is InChI=1S/C13H30NP/c1-9-14(8)10-11-15(12(2,3)4)13(5,6)7/h9-11H2,1-8H3. The molecule has 0 unspecified atom stereocenters. The molecule has 0 amide bonds. The lowest BCUT2D eigenvalue weighted by Gasteiger charge is -2.42. The quantitative estimate of drug-likeness (QED) is 0.661. The van der Waals surface area contributed by atoms with E-state index < -0.39 is 0 Å². The zero-order chi connectivity index (χ0) is 12.3. The molecular formula is C13H30NP. The molecule has 0 aliphatic rings. The normalized spacial score (nSPS) is 14.0. The Kier molecular flexibility index (Phi) is 5.79. The first-order valence-corrected chi connectivity index (χ1v) is 7.58. The van der Waals surface area contributed by atoms with Crippen LogP contribution in [0.1, 0.15) is 48.5 Å². The Morgan fingerprint density at radius 2 is 1.33 bits per heavy atom. The van der Waals surface area contributed by atoms with Crippen molar-refractivity contribution >= 4 is 7.92 Å². The van der Waals surface area contributed by atoms with Gasteiger partial charge in [-0.05, 0) is 30.1 Å². The van der Waals surface area contributed by atoms with E-state index in [1.165, 1.54) is 12.7 Å². The van der Waals surface area contributed by atoms with Gasteiger partial charge in [0.1, 0.15) is 0 Å². The Balaban J connectivity index is 4.42. The van der Waals surface area contributed by atoms with Crippen molar-refractivity contribution in [3.05, 3.63) is 0 Å². The lowest BCUT2D eigenvalue weighted by Crippen LogP contribution is -2.31. The summed E-state index contributed by atoms with van der Waals surface area (Å²) in [6, 6.07) is 0. The molecular weight excluding hydrogens is 201 g/mol. The average molecular weight is 231 g/mol. The molecule has 0 atom stereocenters. The zero-order valence-electron chi connectivity index (χ0n) is 12.0. The van der Waals surface area contributed by atoms with Gasteiger partial charge in [-0.25, -0.2) is 0 Å². The molecule has 0 aliphatic heterocycles. The second-order valence-electron chi connectivity index (χ2n) is 6.39. The van der Waals surface area contributed by atoms with Gasteiger partial charge < -0.3 is 4.90 Å². The molecule has 0 saturated heterocycles. The van der Waals surface area contributed by atoms with Gasteiger partial charge in [-0.3, -0.25) is 0 Å². The van der Waals surface area contributed by atoms with E-state index in [4.69, 9.17) is 0 Å². The molecule has 0 bridgehead atoms. The van der Waals surface area contributed by atoms with Crippen LogP contribution in [0.4, 0.5) is 0 Å². The van der Waals surface area contributed by atoms with Crippen molar-refractivity contribution in [3.8, 4) is 0 Å². The van der Waals surface area contributed by atoms with Crippen LogP contribution in [0.2, 0.25) is 0 Å². The van der Waals surface area contributed by atoms with Crippen molar-refractivity contribution in [1.29, 1.82) is 0 Å². The zero-order valence-corrected chi connectivity index (χ0v) is 12.9. The number of nitrogens with zero attached hydrogens (tertiary/aromatic N) is 1. The summed E-state index contributed by atoms with van der Waals surface area (Å²) in [6.45, 7) is 19.0. The minimum Gasteiger partial charge on any atom is -0.306 e.